The lowest BCUT2D eigenvalue weighted by Gasteiger charge is -2.23. The van der Waals surface area contributed by atoms with Gasteiger partial charge in [-0.15, -0.1) is 11.3 Å². The van der Waals surface area contributed by atoms with E-state index in [1.54, 1.807) is 28.3 Å². The van der Waals surface area contributed by atoms with Gasteiger partial charge in [-0.05, 0) is 45.1 Å². The minimum absolute atomic E-state index is 0.0959. The Balaban J connectivity index is 1.82. The van der Waals surface area contributed by atoms with Crippen molar-refractivity contribution in [3.05, 3.63) is 29.3 Å². The zero-order chi connectivity index (χ0) is 18.2. The Hall–Kier alpha value is -1.71. The van der Waals surface area contributed by atoms with E-state index in [1.807, 2.05) is 20.8 Å². The van der Waals surface area contributed by atoms with Gasteiger partial charge in [0.05, 0.1) is 5.69 Å². The molecule has 136 valence electrons. The van der Waals surface area contributed by atoms with Crippen LogP contribution in [0.15, 0.2) is 27.8 Å². The molecule has 0 spiro atoms. The largest absolute Gasteiger partial charge is 0.309 e. The third kappa shape index (κ3) is 3.49. The minimum atomic E-state index is -3.63. The number of hydrogen-bond donors (Lipinski definition) is 1. The lowest BCUT2D eigenvalue weighted by Crippen LogP contribution is -2.43. The van der Waals surface area contributed by atoms with E-state index in [4.69, 9.17) is 0 Å². The number of thiophene rings is 1. The van der Waals surface area contributed by atoms with Crippen molar-refractivity contribution >= 4 is 33.1 Å². The Morgan fingerprint density at radius 3 is 2.84 bits per heavy atom. The molecule has 0 saturated carbocycles. The summed E-state index contributed by atoms with van der Waals surface area (Å²) in [4.78, 5) is 12.8. The number of aryl methyl sites for hydroxylation is 1. The topological polar surface area (TPSA) is 84.3 Å². The van der Waals surface area contributed by atoms with Gasteiger partial charge in [0.25, 0.3) is 10.0 Å². The van der Waals surface area contributed by atoms with Gasteiger partial charge in [0.15, 0.2) is 0 Å². The normalized spacial score (nSPS) is 18.8. The number of rotatable bonds is 5. The van der Waals surface area contributed by atoms with E-state index in [-0.39, 0.29) is 16.2 Å². The molecule has 7 nitrogen and oxygen atoms in total. The van der Waals surface area contributed by atoms with E-state index in [1.165, 1.54) is 15.6 Å². The average Bonchev–Trinajstić information content (AvgIpc) is 3.27. The molecule has 9 heteroatoms. The first-order chi connectivity index (χ1) is 11.8. The van der Waals surface area contributed by atoms with Crippen molar-refractivity contribution in [2.45, 2.75) is 49.9 Å². The smallest absolute Gasteiger partial charge is 0.253 e. The maximum atomic E-state index is 12.8. The summed E-state index contributed by atoms with van der Waals surface area (Å²) in [5.74, 6) is 0.289. The fourth-order valence-electron chi connectivity index (χ4n) is 3.03. The van der Waals surface area contributed by atoms with Crippen LogP contribution >= 0.6 is 11.3 Å². The second-order valence-electron chi connectivity index (χ2n) is 6.40. The summed E-state index contributed by atoms with van der Waals surface area (Å²) in [6.45, 7) is 6.18. The van der Waals surface area contributed by atoms with E-state index in [2.05, 4.69) is 10.4 Å². The lowest BCUT2D eigenvalue weighted by molar-refractivity contribution is -0.119. The van der Waals surface area contributed by atoms with E-state index in [0.717, 1.165) is 5.69 Å². The second kappa shape index (κ2) is 6.89. The molecule has 3 heterocycles. The van der Waals surface area contributed by atoms with Crippen molar-refractivity contribution in [3.8, 4) is 0 Å². The number of nitrogens with zero attached hydrogens (tertiary/aromatic N) is 3. The van der Waals surface area contributed by atoms with Crippen molar-refractivity contribution in [1.82, 2.24) is 14.1 Å². The Morgan fingerprint density at radius 1 is 1.44 bits per heavy atom. The number of amides is 1. The monoisotopic (exact) mass is 382 g/mol. The van der Waals surface area contributed by atoms with Gasteiger partial charge in [-0.3, -0.25) is 4.79 Å². The molecule has 2 aromatic rings. The molecule has 1 aliphatic rings. The van der Waals surface area contributed by atoms with Crippen molar-refractivity contribution in [2.75, 3.05) is 11.9 Å². The highest BCUT2D eigenvalue weighted by Crippen LogP contribution is 2.29. The molecule has 0 aliphatic carbocycles. The highest BCUT2D eigenvalue weighted by molar-refractivity contribution is 7.91. The molecule has 1 N–H and O–H groups in total. The van der Waals surface area contributed by atoms with Gasteiger partial charge in [0, 0.05) is 18.7 Å². The highest BCUT2D eigenvalue weighted by Gasteiger charge is 2.40. The molecule has 25 heavy (non-hydrogen) atoms. The first-order valence-corrected chi connectivity index (χ1v) is 10.5. The summed E-state index contributed by atoms with van der Waals surface area (Å²) in [6.07, 6.45) is 1.19. The first-order valence-electron chi connectivity index (χ1n) is 8.23. The van der Waals surface area contributed by atoms with E-state index < -0.39 is 16.1 Å². The van der Waals surface area contributed by atoms with Gasteiger partial charge in [-0.1, -0.05) is 6.07 Å². The molecule has 1 aliphatic heterocycles. The molecule has 3 rings (SSSR count). The summed E-state index contributed by atoms with van der Waals surface area (Å²) in [5, 5.41) is 8.96. The van der Waals surface area contributed by atoms with Gasteiger partial charge < -0.3 is 5.32 Å². The van der Waals surface area contributed by atoms with Gasteiger partial charge in [-0.2, -0.15) is 9.40 Å². The quantitative estimate of drug-likeness (QED) is 0.861. The molecule has 2 aromatic heterocycles. The van der Waals surface area contributed by atoms with Crippen LogP contribution in [0.1, 0.15) is 38.4 Å². The Bertz CT molecular complexity index is 856. The molecule has 0 radical (unpaired) electrons. The molecular formula is C16H22N4O3S2. The fourth-order valence-corrected chi connectivity index (χ4v) is 5.80. The minimum Gasteiger partial charge on any atom is -0.309 e. The van der Waals surface area contributed by atoms with Crippen molar-refractivity contribution < 1.29 is 13.2 Å². The molecule has 0 unspecified atom stereocenters. The molecule has 1 atom stereocenters. The summed E-state index contributed by atoms with van der Waals surface area (Å²) < 4.78 is 28.9. The van der Waals surface area contributed by atoms with Crippen LogP contribution in [0.4, 0.5) is 5.82 Å². The molecule has 0 bridgehead atoms. The van der Waals surface area contributed by atoms with Crippen LogP contribution in [0.25, 0.3) is 0 Å². The van der Waals surface area contributed by atoms with E-state index >= 15 is 0 Å². The number of carbonyl (C=O) groups excluding carboxylic acids is 1. The Morgan fingerprint density at radius 2 is 2.20 bits per heavy atom. The molecular weight excluding hydrogens is 360 g/mol. The number of hydrogen-bond acceptors (Lipinski definition) is 5. The Kier molecular flexibility index (Phi) is 4.99. The number of anilines is 1. The predicted molar refractivity (Wildman–Crippen MR) is 97.2 cm³/mol. The summed E-state index contributed by atoms with van der Waals surface area (Å²) in [6, 6.07) is 4.48. The van der Waals surface area contributed by atoms with E-state index in [0.29, 0.717) is 25.2 Å². The summed E-state index contributed by atoms with van der Waals surface area (Å²) in [5.41, 5.74) is 0.804. The number of sulfonamides is 1. The fraction of sp³-hybridized carbons (Fsp3) is 0.500. The van der Waals surface area contributed by atoms with E-state index in [9.17, 15) is 13.2 Å². The SMILES string of the molecule is Cc1cc(NC(=O)[C@@H]2CCCN2S(=O)(=O)c2cccs2)n(C(C)C)n1. The zero-order valence-electron chi connectivity index (χ0n) is 14.5. The standard InChI is InChI=1S/C16H22N4O3S2/c1-11(2)20-14(10-12(3)18-20)17-16(21)13-6-4-8-19(13)25(22,23)15-7-5-9-24-15/h5,7,9-11,13H,4,6,8H2,1-3H3,(H,17,21)/t13-/m0/s1. The molecule has 1 fully saturated rings. The molecule has 0 aromatic carbocycles. The van der Waals surface area contributed by atoms with Crippen LogP contribution in [-0.2, 0) is 14.8 Å². The third-order valence-corrected chi connectivity index (χ3v) is 7.44. The Labute approximate surface area is 151 Å². The van der Waals surface area contributed by atoms with Gasteiger partial charge >= 0.3 is 0 Å². The van der Waals surface area contributed by atoms with Crippen molar-refractivity contribution in [3.63, 3.8) is 0 Å². The molecule has 1 amide bonds. The van der Waals surface area contributed by atoms with Crippen LogP contribution in [-0.4, -0.2) is 41.0 Å². The number of aromatic nitrogens is 2. The van der Waals surface area contributed by atoms with Crippen LogP contribution in [0.3, 0.4) is 0 Å². The first kappa shape index (κ1) is 18.1. The predicted octanol–water partition coefficient (Wildman–Crippen LogP) is 2.63. The van der Waals surface area contributed by atoms with Gasteiger partial charge in [-0.25, -0.2) is 13.1 Å². The average molecular weight is 383 g/mol. The molecule has 1 saturated heterocycles. The highest BCUT2D eigenvalue weighted by atomic mass is 32.2. The van der Waals surface area contributed by atoms with Crippen LogP contribution in [0, 0.1) is 6.92 Å². The zero-order valence-corrected chi connectivity index (χ0v) is 16.1. The van der Waals surface area contributed by atoms with Crippen LogP contribution in [0.2, 0.25) is 0 Å². The van der Waals surface area contributed by atoms with Crippen molar-refractivity contribution in [1.29, 1.82) is 0 Å². The van der Waals surface area contributed by atoms with Crippen LogP contribution < -0.4 is 5.32 Å². The van der Waals surface area contributed by atoms with Crippen LogP contribution in [0.5, 0.6) is 0 Å². The maximum absolute atomic E-state index is 12.8. The second-order valence-corrected chi connectivity index (χ2v) is 9.47. The van der Waals surface area contributed by atoms with Gasteiger partial charge in [0.1, 0.15) is 16.1 Å². The van der Waals surface area contributed by atoms with Crippen molar-refractivity contribution in [2.24, 2.45) is 0 Å². The lowest BCUT2D eigenvalue weighted by atomic mass is 10.2. The van der Waals surface area contributed by atoms with Gasteiger partial charge in [0.2, 0.25) is 5.91 Å². The number of nitrogens with one attached hydrogen (secondary N) is 1. The summed E-state index contributed by atoms with van der Waals surface area (Å²) >= 11 is 1.17. The number of carbonyl (C=O) groups is 1. The maximum Gasteiger partial charge on any atom is 0.253 e. The summed E-state index contributed by atoms with van der Waals surface area (Å²) in [7, 11) is -3.63. The third-order valence-electron chi connectivity index (χ3n) is 4.16.